The Morgan fingerprint density at radius 1 is 0.600 bits per heavy atom. The van der Waals surface area contributed by atoms with Crippen molar-refractivity contribution in [2.75, 3.05) is 0 Å². The molecule has 0 amide bonds. The van der Waals surface area contributed by atoms with E-state index in [4.69, 9.17) is 0 Å². The van der Waals surface area contributed by atoms with E-state index in [0.29, 0.717) is 33.8 Å². The molecule has 2 saturated carbocycles. The monoisotopic (exact) mass is 410 g/mol. The molecule has 3 rings (SSSR count). The summed E-state index contributed by atoms with van der Waals surface area (Å²) < 4.78 is 0. The number of carbonyl (C=O) groups is 2. The maximum atomic E-state index is 13.4. The standard InChI is InChI=1S/C28H42O2/c1-27(2,3)21-15-11-19(12-16-21)25(29)23-9-7-8-10-24(23)26(30)20-13-17-22(18-14-20)28(4,5)6/h7-10,19-22H,11-18H2,1-6H3. The first-order chi connectivity index (χ1) is 14.0. The van der Waals surface area contributed by atoms with E-state index in [-0.39, 0.29) is 23.4 Å². The zero-order valence-corrected chi connectivity index (χ0v) is 20.1. The molecule has 166 valence electrons. The highest BCUT2D eigenvalue weighted by molar-refractivity contribution is 6.10. The fraction of sp³-hybridized carbons (Fsp3) is 0.714. The predicted molar refractivity (Wildman–Crippen MR) is 125 cm³/mol. The highest BCUT2D eigenvalue weighted by Crippen LogP contribution is 2.42. The van der Waals surface area contributed by atoms with Gasteiger partial charge in [0.15, 0.2) is 11.6 Å². The summed E-state index contributed by atoms with van der Waals surface area (Å²) in [5.41, 5.74) is 1.99. The van der Waals surface area contributed by atoms with Crippen LogP contribution in [-0.4, -0.2) is 11.6 Å². The summed E-state index contributed by atoms with van der Waals surface area (Å²) in [6.07, 6.45) is 8.30. The largest absolute Gasteiger partial charge is 0.294 e. The minimum absolute atomic E-state index is 0.0779. The molecule has 30 heavy (non-hydrogen) atoms. The van der Waals surface area contributed by atoms with Crippen LogP contribution in [-0.2, 0) is 0 Å². The first kappa shape index (κ1) is 23.2. The molecule has 2 aliphatic rings. The number of ketones is 2. The highest BCUT2D eigenvalue weighted by Gasteiger charge is 2.36. The van der Waals surface area contributed by atoms with Crippen LogP contribution < -0.4 is 0 Å². The van der Waals surface area contributed by atoms with Crippen LogP contribution in [0, 0.1) is 34.5 Å². The summed E-state index contributed by atoms with van der Waals surface area (Å²) in [5.74, 6) is 1.94. The number of hydrogen-bond acceptors (Lipinski definition) is 2. The fourth-order valence-corrected chi connectivity index (χ4v) is 5.80. The third kappa shape index (κ3) is 5.24. The SMILES string of the molecule is CC(C)(C)C1CCC(C(=O)c2ccccc2C(=O)C2CCC(C(C)(C)C)CC2)CC1. The summed E-state index contributed by atoms with van der Waals surface area (Å²) in [6.45, 7) is 13.8. The van der Waals surface area contributed by atoms with Crippen molar-refractivity contribution >= 4 is 11.6 Å². The molecule has 0 N–H and O–H groups in total. The van der Waals surface area contributed by atoms with Gasteiger partial charge in [0.05, 0.1) is 0 Å². The molecule has 2 heteroatoms. The van der Waals surface area contributed by atoms with Gasteiger partial charge in [-0.25, -0.2) is 0 Å². The van der Waals surface area contributed by atoms with Crippen molar-refractivity contribution in [3.05, 3.63) is 35.4 Å². The Bertz CT molecular complexity index is 681. The van der Waals surface area contributed by atoms with Crippen molar-refractivity contribution in [1.29, 1.82) is 0 Å². The average molecular weight is 411 g/mol. The number of benzene rings is 1. The van der Waals surface area contributed by atoms with Crippen LogP contribution in [0.3, 0.4) is 0 Å². The van der Waals surface area contributed by atoms with Crippen molar-refractivity contribution in [2.45, 2.75) is 92.9 Å². The molecule has 0 aliphatic heterocycles. The number of carbonyl (C=O) groups excluding carboxylic acids is 2. The molecule has 0 saturated heterocycles. The van der Waals surface area contributed by atoms with Crippen molar-refractivity contribution in [3.63, 3.8) is 0 Å². The van der Waals surface area contributed by atoms with Crippen molar-refractivity contribution in [1.82, 2.24) is 0 Å². The smallest absolute Gasteiger partial charge is 0.166 e. The Morgan fingerprint density at radius 3 is 1.17 bits per heavy atom. The molecule has 0 bridgehead atoms. The molecule has 2 aliphatic carbocycles. The van der Waals surface area contributed by atoms with E-state index >= 15 is 0 Å². The average Bonchev–Trinajstić information content (AvgIpc) is 2.71. The lowest BCUT2D eigenvalue weighted by Crippen LogP contribution is -2.31. The zero-order chi connectivity index (χ0) is 22.1. The Hall–Kier alpha value is -1.44. The Balaban J connectivity index is 1.69. The van der Waals surface area contributed by atoms with E-state index in [2.05, 4.69) is 41.5 Å². The first-order valence-electron chi connectivity index (χ1n) is 12.2. The second-order valence-electron chi connectivity index (χ2n) is 12.1. The topological polar surface area (TPSA) is 34.1 Å². The van der Waals surface area contributed by atoms with Gasteiger partial charge in [0.1, 0.15) is 0 Å². The predicted octanol–water partition coefficient (Wildman–Crippen LogP) is 7.76. The summed E-state index contributed by atoms with van der Waals surface area (Å²) >= 11 is 0. The zero-order valence-electron chi connectivity index (χ0n) is 20.1. The maximum absolute atomic E-state index is 13.4. The third-order valence-corrected chi connectivity index (χ3v) is 8.10. The van der Waals surface area contributed by atoms with Crippen LogP contribution in [0.1, 0.15) is 114 Å². The van der Waals surface area contributed by atoms with Gasteiger partial charge in [0, 0.05) is 23.0 Å². The minimum atomic E-state index is 0.0779. The molecular formula is C28H42O2. The Kier molecular flexibility index (Phi) is 6.94. The molecule has 2 fully saturated rings. The summed E-state index contributed by atoms with van der Waals surface area (Å²) in [7, 11) is 0. The van der Waals surface area contributed by atoms with Gasteiger partial charge in [-0.2, -0.15) is 0 Å². The number of hydrogen-bond donors (Lipinski definition) is 0. The van der Waals surface area contributed by atoms with E-state index < -0.39 is 0 Å². The lowest BCUT2D eigenvalue weighted by atomic mass is 9.67. The lowest BCUT2D eigenvalue weighted by Gasteiger charge is -2.37. The van der Waals surface area contributed by atoms with Crippen LogP contribution in [0.5, 0.6) is 0 Å². The van der Waals surface area contributed by atoms with Crippen molar-refractivity contribution < 1.29 is 9.59 Å². The molecule has 0 aromatic heterocycles. The highest BCUT2D eigenvalue weighted by atomic mass is 16.1. The summed E-state index contributed by atoms with van der Waals surface area (Å²) in [5, 5.41) is 0. The molecule has 1 aromatic carbocycles. The van der Waals surface area contributed by atoms with Gasteiger partial charge < -0.3 is 0 Å². The molecule has 0 atom stereocenters. The van der Waals surface area contributed by atoms with Gasteiger partial charge in [-0.3, -0.25) is 9.59 Å². The van der Waals surface area contributed by atoms with Crippen molar-refractivity contribution in [3.8, 4) is 0 Å². The van der Waals surface area contributed by atoms with Crippen LogP contribution in [0.15, 0.2) is 24.3 Å². The van der Waals surface area contributed by atoms with Gasteiger partial charge in [-0.1, -0.05) is 65.8 Å². The Labute approximate surface area is 184 Å². The van der Waals surface area contributed by atoms with Crippen LogP contribution >= 0.6 is 0 Å². The van der Waals surface area contributed by atoms with E-state index in [1.165, 1.54) is 0 Å². The second kappa shape index (κ2) is 8.97. The fourth-order valence-electron chi connectivity index (χ4n) is 5.80. The molecule has 0 unspecified atom stereocenters. The van der Waals surface area contributed by atoms with Gasteiger partial charge >= 0.3 is 0 Å². The van der Waals surface area contributed by atoms with Gasteiger partial charge in [-0.15, -0.1) is 0 Å². The summed E-state index contributed by atoms with van der Waals surface area (Å²) in [6, 6.07) is 7.63. The molecule has 0 radical (unpaired) electrons. The summed E-state index contributed by atoms with van der Waals surface area (Å²) in [4.78, 5) is 26.8. The van der Waals surface area contributed by atoms with Crippen LogP contribution in [0.25, 0.3) is 0 Å². The van der Waals surface area contributed by atoms with Crippen LogP contribution in [0.2, 0.25) is 0 Å². The van der Waals surface area contributed by atoms with E-state index in [0.717, 1.165) is 51.4 Å². The molecule has 2 nitrogen and oxygen atoms in total. The van der Waals surface area contributed by atoms with E-state index in [9.17, 15) is 9.59 Å². The van der Waals surface area contributed by atoms with Gasteiger partial charge in [0.25, 0.3) is 0 Å². The third-order valence-electron chi connectivity index (χ3n) is 8.10. The molecular weight excluding hydrogens is 368 g/mol. The van der Waals surface area contributed by atoms with E-state index in [1.54, 1.807) is 0 Å². The molecule has 0 heterocycles. The van der Waals surface area contributed by atoms with Gasteiger partial charge in [0.2, 0.25) is 0 Å². The number of Topliss-reactive ketones (excluding diaryl/α,β-unsaturated/α-hetero) is 2. The molecule has 0 spiro atoms. The minimum Gasteiger partial charge on any atom is -0.294 e. The lowest BCUT2D eigenvalue weighted by molar-refractivity contribution is 0.0787. The first-order valence-corrected chi connectivity index (χ1v) is 12.2. The van der Waals surface area contributed by atoms with E-state index in [1.807, 2.05) is 24.3 Å². The second-order valence-corrected chi connectivity index (χ2v) is 12.1. The molecule has 1 aromatic rings. The van der Waals surface area contributed by atoms with Gasteiger partial charge in [-0.05, 0) is 74.0 Å². The normalized spacial score (nSPS) is 28.2. The maximum Gasteiger partial charge on any atom is 0.166 e. The van der Waals surface area contributed by atoms with Crippen molar-refractivity contribution in [2.24, 2.45) is 34.5 Å². The Morgan fingerprint density at radius 2 is 0.900 bits per heavy atom. The quantitative estimate of drug-likeness (QED) is 0.475. The number of rotatable bonds is 4. The van der Waals surface area contributed by atoms with Crippen LogP contribution in [0.4, 0.5) is 0 Å².